The average molecular weight is 438 g/mol. The molecule has 2 amide bonds. The molecule has 1 aromatic heterocycles. The molecule has 0 aliphatic carbocycles. The van der Waals surface area contributed by atoms with Gasteiger partial charge in [-0.1, -0.05) is 56.3 Å². The predicted molar refractivity (Wildman–Crippen MR) is 122 cm³/mol. The van der Waals surface area contributed by atoms with Gasteiger partial charge < -0.3 is 15.4 Å². The molecule has 6 nitrogen and oxygen atoms in total. The normalized spacial score (nSPS) is 10.7. The van der Waals surface area contributed by atoms with Crippen LogP contribution in [-0.4, -0.2) is 23.9 Å². The molecule has 0 fully saturated rings. The van der Waals surface area contributed by atoms with E-state index in [1.54, 1.807) is 12.5 Å². The molecule has 0 aliphatic rings. The lowest BCUT2D eigenvalue weighted by Crippen LogP contribution is -2.25. The summed E-state index contributed by atoms with van der Waals surface area (Å²) in [6.45, 7) is 4.93. The summed E-state index contributed by atoms with van der Waals surface area (Å²) < 4.78 is 5.30. The highest BCUT2D eigenvalue weighted by atomic mass is 32.1. The zero-order valence-corrected chi connectivity index (χ0v) is 18.8. The molecule has 2 N–H and O–H groups in total. The van der Waals surface area contributed by atoms with Crippen molar-refractivity contribution in [3.05, 3.63) is 81.3 Å². The van der Waals surface area contributed by atoms with Crippen molar-refractivity contribution in [2.75, 3.05) is 7.11 Å². The molecule has 2 aromatic carbocycles. The first-order valence-electron chi connectivity index (χ1n) is 10.2. The Morgan fingerprint density at radius 3 is 2.48 bits per heavy atom. The highest BCUT2D eigenvalue weighted by Gasteiger charge is 2.12. The number of nitrogens with one attached hydrogen (secondary N) is 2. The van der Waals surface area contributed by atoms with Crippen molar-refractivity contribution in [2.45, 2.75) is 39.3 Å². The number of methoxy groups -OCH3 is 1. The summed E-state index contributed by atoms with van der Waals surface area (Å²) in [5.74, 6) is 0.858. The molecular formula is C24H27N3O3S. The Morgan fingerprint density at radius 1 is 1.03 bits per heavy atom. The van der Waals surface area contributed by atoms with Gasteiger partial charge in [-0.25, -0.2) is 4.98 Å². The Balaban J connectivity index is 1.47. The lowest BCUT2D eigenvalue weighted by Gasteiger charge is -2.08. The van der Waals surface area contributed by atoms with Crippen LogP contribution in [0.15, 0.2) is 53.9 Å². The SMILES string of the molecule is COc1ccccc1CNC(=O)c1csc(CNC(=O)Cc2ccc(C(C)C)cc2)n1. The molecule has 0 atom stereocenters. The summed E-state index contributed by atoms with van der Waals surface area (Å²) in [6, 6.07) is 15.6. The Kier molecular flexibility index (Phi) is 7.78. The van der Waals surface area contributed by atoms with Crippen molar-refractivity contribution in [1.82, 2.24) is 15.6 Å². The summed E-state index contributed by atoms with van der Waals surface area (Å²) >= 11 is 1.35. The lowest BCUT2D eigenvalue weighted by atomic mass is 10.0. The third-order valence-corrected chi connectivity index (χ3v) is 5.71. The topological polar surface area (TPSA) is 80.3 Å². The molecule has 162 valence electrons. The average Bonchev–Trinajstić information content (AvgIpc) is 3.26. The number of nitrogens with zero attached hydrogens (tertiary/aromatic N) is 1. The van der Waals surface area contributed by atoms with Crippen molar-refractivity contribution in [2.24, 2.45) is 0 Å². The van der Waals surface area contributed by atoms with E-state index >= 15 is 0 Å². The molecule has 0 saturated carbocycles. The van der Waals surface area contributed by atoms with Gasteiger partial charge in [0.05, 0.1) is 20.1 Å². The molecule has 0 radical (unpaired) electrons. The first-order chi connectivity index (χ1) is 15.0. The second-order valence-corrected chi connectivity index (χ2v) is 8.41. The smallest absolute Gasteiger partial charge is 0.271 e. The fourth-order valence-corrected chi connectivity index (χ4v) is 3.77. The standard InChI is InChI=1S/C24H27N3O3S/c1-16(2)18-10-8-17(9-11-18)12-22(28)25-14-23-27-20(15-31-23)24(29)26-13-19-6-4-5-7-21(19)30-3/h4-11,15-16H,12-14H2,1-3H3,(H,25,28)(H,26,29). The third kappa shape index (κ3) is 6.39. The number of carbonyl (C=O) groups is 2. The van der Waals surface area contributed by atoms with E-state index in [0.717, 1.165) is 16.9 Å². The highest BCUT2D eigenvalue weighted by molar-refractivity contribution is 7.09. The maximum atomic E-state index is 12.4. The second-order valence-electron chi connectivity index (χ2n) is 7.47. The second kappa shape index (κ2) is 10.7. The maximum absolute atomic E-state index is 12.4. The molecule has 31 heavy (non-hydrogen) atoms. The van der Waals surface area contributed by atoms with Gasteiger partial charge >= 0.3 is 0 Å². The van der Waals surface area contributed by atoms with Crippen LogP contribution < -0.4 is 15.4 Å². The van der Waals surface area contributed by atoms with E-state index in [-0.39, 0.29) is 11.8 Å². The zero-order chi connectivity index (χ0) is 22.2. The quantitative estimate of drug-likeness (QED) is 0.529. The van der Waals surface area contributed by atoms with Crippen molar-refractivity contribution in [3.8, 4) is 5.75 Å². The number of hydrogen-bond acceptors (Lipinski definition) is 5. The summed E-state index contributed by atoms with van der Waals surface area (Å²) in [7, 11) is 1.60. The minimum atomic E-state index is -0.259. The number of benzene rings is 2. The van der Waals surface area contributed by atoms with Crippen molar-refractivity contribution < 1.29 is 14.3 Å². The summed E-state index contributed by atoms with van der Waals surface area (Å²) in [4.78, 5) is 29.0. The van der Waals surface area contributed by atoms with E-state index in [1.165, 1.54) is 16.9 Å². The van der Waals surface area contributed by atoms with E-state index < -0.39 is 0 Å². The Hall–Kier alpha value is -3.19. The molecule has 0 bridgehead atoms. The first kappa shape index (κ1) is 22.5. The first-order valence-corrected chi connectivity index (χ1v) is 11.0. The van der Waals surface area contributed by atoms with Crippen LogP contribution in [0, 0.1) is 0 Å². The van der Waals surface area contributed by atoms with Crippen LogP contribution in [-0.2, 0) is 24.3 Å². The van der Waals surface area contributed by atoms with Crippen LogP contribution in [0.2, 0.25) is 0 Å². The number of amides is 2. The van der Waals surface area contributed by atoms with Gasteiger partial charge in [0.1, 0.15) is 16.5 Å². The zero-order valence-electron chi connectivity index (χ0n) is 18.0. The lowest BCUT2D eigenvalue weighted by molar-refractivity contribution is -0.120. The van der Waals surface area contributed by atoms with Gasteiger partial charge in [-0.15, -0.1) is 11.3 Å². The van der Waals surface area contributed by atoms with Gasteiger partial charge in [0.25, 0.3) is 5.91 Å². The minimum absolute atomic E-state index is 0.0744. The minimum Gasteiger partial charge on any atom is -0.496 e. The molecule has 0 unspecified atom stereocenters. The fourth-order valence-electron chi connectivity index (χ4n) is 3.05. The Labute approximate surface area is 186 Å². The Bertz CT molecular complexity index is 1030. The van der Waals surface area contributed by atoms with Gasteiger partial charge in [0.2, 0.25) is 5.91 Å². The molecular weight excluding hydrogens is 410 g/mol. The van der Waals surface area contributed by atoms with Gasteiger partial charge in [-0.2, -0.15) is 0 Å². The van der Waals surface area contributed by atoms with E-state index in [2.05, 4.69) is 41.6 Å². The predicted octanol–water partition coefficient (Wildman–Crippen LogP) is 4.06. The van der Waals surface area contributed by atoms with Crippen molar-refractivity contribution in [1.29, 1.82) is 0 Å². The van der Waals surface area contributed by atoms with E-state index in [0.29, 0.717) is 36.1 Å². The van der Waals surface area contributed by atoms with Crippen molar-refractivity contribution >= 4 is 23.2 Å². The van der Waals surface area contributed by atoms with Crippen LogP contribution in [0.5, 0.6) is 5.75 Å². The molecule has 3 rings (SSSR count). The van der Waals surface area contributed by atoms with Crippen molar-refractivity contribution in [3.63, 3.8) is 0 Å². The fraction of sp³-hybridized carbons (Fsp3) is 0.292. The third-order valence-electron chi connectivity index (χ3n) is 4.86. The number of carbonyl (C=O) groups excluding carboxylic acids is 2. The number of hydrogen-bond donors (Lipinski definition) is 2. The van der Waals surface area contributed by atoms with Gasteiger partial charge in [0.15, 0.2) is 0 Å². The van der Waals surface area contributed by atoms with Gasteiger partial charge in [0, 0.05) is 17.5 Å². The van der Waals surface area contributed by atoms with Crippen LogP contribution in [0.4, 0.5) is 0 Å². The summed E-state index contributed by atoms with van der Waals surface area (Å²) in [5, 5.41) is 8.11. The number of aromatic nitrogens is 1. The van der Waals surface area contributed by atoms with E-state index in [1.807, 2.05) is 36.4 Å². The molecule has 0 saturated heterocycles. The van der Waals surface area contributed by atoms with E-state index in [9.17, 15) is 9.59 Å². The van der Waals surface area contributed by atoms with Crippen LogP contribution in [0.25, 0.3) is 0 Å². The summed E-state index contributed by atoms with van der Waals surface area (Å²) in [6.07, 6.45) is 0.315. The number of rotatable bonds is 9. The Morgan fingerprint density at radius 2 is 1.77 bits per heavy atom. The maximum Gasteiger partial charge on any atom is 0.271 e. The molecule has 1 heterocycles. The summed E-state index contributed by atoms with van der Waals surface area (Å²) in [5.41, 5.74) is 3.46. The monoisotopic (exact) mass is 437 g/mol. The van der Waals surface area contributed by atoms with Crippen LogP contribution >= 0.6 is 11.3 Å². The number of para-hydroxylation sites is 1. The number of ether oxygens (including phenoxy) is 1. The molecule has 0 aliphatic heterocycles. The number of thiazole rings is 1. The van der Waals surface area contributed by atoms with Gasteiger partial charge in [-0.3, -0.25) is 9.59 Å². The molecule has 3 aromatic rings. The van der Waals surface area contributed by atoms with Crippen LogP contribution in [0.3, 0.4) is 0 Å². The largest absolute Gasteiger partial charge is 0.496 e. The molecule has 0 spiro atoms. The van der Waals surface area contributed by atoms with E-state index in [4.69, 9.17) is 4.74 Å². The molecule has 7 heteroatoms. The van der Waals surface area contributed by atoms with Crippen LogP contribution in [0.1, 0.15) is 52.0 Å². The van der Waals surface area contributed by atoms with Gasteiger partial charge in [-0.05, 0) is 23.1 Å². The highest BCUT2D eigenvalue weighted by Crippen LogP contribution is 2.17.